The van der Waals surface area contributed by atoms with Crippen molar-refractivity contribution in [3.63, 3.8) is 0 Å². The van der Waals surface area contributed by atoms with Crippen molar-refractivity contribution in [3.05, 3.63) is 34.9 Å². The summed E-state index contributed by atoms with van der Waals surface area (Å²) in [6.07, 6.45) is 5.79. The van der Waals surface area contributed by atoms with Gasteiger partial charge in [0.1, 0.15) is 0 Å². The molecule has 2 aliphatic rings. The average molecular weight is 275 g/mol. The molecule has 1 aromatic carbocycles. The third kappa shape index (κ3) is 3.05. The van der Waals surface area contributed by atoms with Crippen molar-refractivity contribution in [2.24, 2.45) is 5.92 Å². The van der Waals surface area contributed by atoms with Crippen molar-refractivity contribution < 1.29 is 9.84 Å². The third-order valence-corrected chi connectivity index (χ3v) is 4.84. The van der Waals surface area contributed by atoms with Crippen molar-refractivity contribution in [2.75, 3.05) is 13.2 Å². The molecule has 2 unspecified atom stereocenters. The van der Waals surface area contributed by atoms with Crippen LogP contribution in [0.2, 0.25) is 0 Å². The second-order valence-electron chi connectivity index (χ2n) is 6.05. The quantitative estimate of drug-likeness (QED) is 0.867. The van der Waals surface area contributed by atoms with E-state index in [4.69, 9.17) is 9.84 Å². The average Bonchev–Trinajstić information content (AvgIpc) is 2.93. The van der Waals surface area contributed by atoms with Crippen molar-refractivity contribution in [3.8, 4) is 0 Å². The summed E-state index contributed by atoms with van der Waals surface area (Å²) in [7, 11) is 0. The van der Waals surface area contributed by atoms with Gasteiger partial charge >= 0.3 is 0 Å². The maximum Gasteiger partial charge on any atom is 0.0719 e. The van der Waals surface area contributed by atoms with Crippen LogP contribution in [0, 0.1) is 5.92 Å². The monoisotopic (exact) mass is 275 g/mol. The molecule has 1 aromatic rings. The van der Waals surface area contributed by atoms with Gasteiger partial charge in [0.05, 0.1) is 13.2 Å². The molecule has 0 bridgehead atoms. The van der Waals surface area contributed by atoms with Crippen LogP contribution >= 0.6 is 0 Å². The second-order valence-corrected chi connectivity index (χ2v) is 6.05. The fourth-order valence-electron chi connectivity index (χ4n) is 3.72. The molecule has 1 heterocycles. The largest absolute Gasteiger partial charge is 0.396 e. The number of fused-ring (bicyclic) bond motifs is 1. The van der Waals surface area contributed by atoms with Gasteiger partial charge in [-0.05, 0) is 48.3 Å². The molecular weight excluding hydrogens is 250 g/mol. The summed E-state index contributed by atoms with van der Waals surface area (Å²) in [6, 6.07) is 7.15. The third-order valence-electron chi connectivity index (χ3n) is 4.84. The zero-order valence-electron chi connectivity index (χ0n) is 12.1. The van der Waals surface area contributed by atoms with Crippen LogP contribution < -0.4 is 5.32 Å². The second kappa shape index (κ2) is 6.70. The Hall–Kier alpha value is -0.900. The molecule has 0 aromatic heterocycles. The van der Waals surface area contributed by atoms with Gasteiger partial charge in [-0.15, -0.1) is 0 Å². The molecule has 3 heteroatoms. The molecule has 110 valence electrons. The summed E-state index contributed by atoms with van der Waals surface area (Å²) in [5, 5.41) is 12.9. The highest BCUT2D eigenvalue weighted by Gasteiger charge is 2.26. The first-order chi connectivity index (χ1) is 9.88. The van der Waals surface area contributed by atoms with Crippen LogP contribution in [0.25, 0.3) is 0 Å². The molecule has 20 heavy (non-hydrogen) atoms. The molecule has 2 N–H and O–H groups in total. The zero-order valence-corrected chi connectivity index (χ0v) is 12.1. The van der Waals surface area contributed by atoms with Gasteiger partial charge in [-0.3, -0.25) is 0 Å². The number of hydrogen-bond acceptors (Lipinski definition) is 3. The van der Waals surface area contributed by atoms with Crippen LogP contribution in [0.5, 0.6) is 0 Å². The highest BCUT2D eigenvalue weighted by molar-refractivity contribution is 5.36. The Labute approximate surface area is 121 Å². The highest BCUT2D eigenvalue weighted by atomic mass is 16.5. The Morgan fingerprint density at radius 1 is 1.30 bits per heavy atom. The van der Waals surface area contributed by atoms with Crippen molar-refractivity contribution >= 4 is 0 Å². The van der Waals surface area contributed by atoms with E-state index in [-0.39, 0.29) is 0 Å². The fraction of sp³-hybridized carbons (Fsp3) is 0.647. The zero-order chi connectivity index (χ0) is 13.8. The topological polar surface area (TPSA) is 41.5 Å². The van der Waals surface area contributed by atoms with E-state index in [1.54, 1.807) is 0 Å². The van der Waals surface area contributed by atoms with Gasteiger partial charge in [0.15, 0.2) is 0 Å². The lowest BCUT2D eigenvalue weighted by molar-refractivity contribution is 0.110. The lowest BCUT2D eigenvalue weighted by atomic mass is 9.96. The predicted octanol–water partition coefficient (Wildman–Crippen LogP) is 2.40. The smallest absolute Gasteiger partial charge is 0.0719 e. The van der Waals surface area contributed by atoms with Gasteiger partial charge in [0.25, 0.3) is 0 Å². The van der Waals surface area contributed by atoms with Crippen LogP contribution in [0.1, 0.15) is 42.4 Å². The summed E-state index contributed by atoms with van der Waals surface area (Å²) in [4.78, 5) is 0. The maximum absolute atomic E-state index is 9.15. The van der Waals surface area contributed by atoms with E-state index in [0.717, 1.165) is 32.6 Å². The predicted molar refractivity (Wildman–Crippen MR) is 79.5 cm³/mol. The Bertz CT molecular complexity index is 447. The van der Waals surface area contributed by atoms with Crippen molar-refractivity contribution in [1.29, 1.82) is 0 Å². The first-order valence-corrected chi connectivity index (χ1v) is 7.90. The number of hydrogen-bond donors (Lipinski definition) is 2. The van der Waals surface area contributed by atoms with Gasteiger partial charge < -0.3 is 15.2 Å². The maximum atomic E-state index is 9.15. The standard InChI is InChI=1S/C17H25NO2/c19-9-7-13-3-2-6-17(13)18-11-14-4-1-5-15-12-20-10-8-16(14)15/h1,4-5,13,17-19H,2-3,6-12H2. The van der Waals surface area contributed by atoms with E-state index in [2.05, 4.69) is 23.5 Å². The molecule has 3 rings (SSSR count). The first kappa shape index (κ1) is 14.1. The van der Waals surface area contributed by atoms with E-state index < -0.39 is 0 Å². The Morgan fingerprint density at radius 3 is 3.15 bits per heavy atom. The Kier molecular flexibility index (Phi) is 4.71. The molecule has 1 aliphatic carbocycles. The normalized spacial score (nSPS) is 25.6. The minimum Gasteiger partial charge on any atom is -0.396 e. The van der Waals surface area contributed by atoms with E-state index >= 15 is 0 Å². The van der Waals surface area contributed by atoms with Gasteiger partial charge in [-0.1, -0.05) is 24.6 Å². The number of aliphatic hydroxyl groups is 1. The lowest BCUT2D eigenvalue weighted by Gasteiger charge is -2.23. The van der Waals surface area contributed by atoms with Crippen LogP contribution in [-0.2, 0) is 24.3 Å². The van der Waals surface area contributed by atoms with Crippen molar-refractivity contribution in [2.45, 2.75) is 51.3 Å². The number of ether oxygens (including phenoxy) is 1. The van der Waals surface area contributed by atoms with Crippen LogP contribution in [0.4, 0.5) is 0 Å². The summed E-state index contributed by atoms with van der Waals surface area (Å²) < 4.78 is 5.53. The van der Waals surface area contributed by atoms with Crippen LogP contribution in [-0.4, -0.2) is 24.4 Å². The Morgan fingerprint density at radius 2 is 2.25 bits per heavy atom. The molecule has 0 saturated heterocycles. The summed E-state index contributed by atoms with van der Waals surface area (Å²) in [5.74, 6) is 0.655. The molecule has 3 nitrogen and oxygen atoms in total. The van der Waals surface area contributed by atoms with Crippen LogP contribution in [0.3, 0.4) is 0 Å². The molecule has 1 aliphatic heterocycles. The van der Waals surface area contributed by atoms with E-state index in [9.17, 15) is 0 Å². The Balaban J connectivity index is 1.63. The molecule has 1 saturated carbocycles. The first-order valence-electron chi connectivity index (χ1n) is 7.90. The minimum atomic E-state index is 0.320. The number of nitrogens with one attached hydrogen (secondary N) is 1. The van der Waals surface area contributed by atoms with Gasteiger partial charge in [-0.25, -0.2) is 0 Å². The highest BCUT2D eigenvalue weighted by Crippen LogP contribution is 2.29. The van der Waals surface area contributed by atoms with Crippen molar-refractivity contribution in [1.82, 2.24) is 5.32 Å². The number of benzene rings is 1. The van der Waals surface area contributed by atoms with Gasteiger partial charge in [0, 0.05) is 19.2 Å². The van der Waals surface area contributed by atoms with Gasteiger partial charge in [0.2, 0.25) is 0 Å². The summed E-state index contributed by atoms with van der Waals surface area (Å²) in [6.45, 7) is 2.89. The van der Waals surface area contributed by atoms with E-state index in [1.165, 1.54) is 36.0 Å². The molecule has 0 radical (unpaired) electrons. The molecule has 0 amide bonds. The van der Waals surface area contributed by atoms with E-state index in [1.807, 2.05) is 0 Å². The van der Waals surface area contributed by atoms with Gasteiger partial charge in [-0.2, -0.15) is 0 Å². The molecular formula is C17H25NO2. The molecule has 0 spiro atoms. The van der Waals surface area contributed by atoms with Crippen LogP contribution in [0.15, 0.2) is 18.2 Å². The SMILES string of the molecule is OCCC1CCCC1NCc1cccc2c1CCOC2. The molecule has 1 fully saturated rings. The lowest BCUT2D eigenvalue weighted by Crippen LogP contribution is -2.33. The summed E-state index contributed by atoms with van der Waals surface area (Å²) >= 11 is 0. The van der Waals surface area contributed by atoms with E-state index in [0.29, 0.717) is 18.6 Å². The number of rotatable bonds is 5. The number of aliphatic hydroxyl groups excluding tert-OH is 1. The molecule has 2 atom stereocenters. The minimum absolute atomic E-state index is 0.320. The summed E-state index contributed by atoms with van der Waals surface area (Å²) in [5.41, 5.74) is 4.28. The fourth-order valence-corrected chi connectivity index (χ4v) is 3.72.